The molecule has 0 fully saturated rings. The van der Waals surface area contributed by atoms with E-state index in [2.05, 4.69) is 4.98 Å². The fraction of sp³-hybridized carbons (Fsp3) is 0.556. The quantitative estimate of drug-likeness (QED) is 0.770. The van der Waals surface area contributed by atoms with Crippen molar-refractivity contribution >= 4 is 17.3 Å². The first kappa shape index (κ1) is 11.1. The molecule has 1 heterocycles. The average molecular weight is 215 g/mol. The van der Waals surface area contributed by atoms with Gasteiger partial charge in [-0.25, -0.2) is 9.78 Å². The maximum Gasteiger partial charge on any atom is 0.343 e. The summed E-state index contributed by atoms with van der Waals surface area (Å²) in [5.74, 6) is -0.636. The van der Waals surface area contributed by atoms with Crippen molar-refractivity contribution in [3.05, 3.63) is 16.1 Å². The minimum absolute atomic E-state index is 0.257. The molecular formula is C9H13NO3S. The maximum atomic E-state index is 11.4. The Morgan fingerprint density at radius 2 is 2.43 bits per heavy atom. The molecule has 0 aliphatic heterocycles. The lowest BCUT2D eigenvalue weighted by atomic mass is 10.1. The molecule has 78 valence electrons. The first-order chi connectivity index (χ1) is 6.48. The molecule has 5 heteroatoms. The van der Waals surface area contributed by atoms with E-state index in [4.69, 9.17) is 4.74 Å². The van der Waals surface area contributed by atoms with Crippen molar-refractivity contribution in [3.8, 4) is 0 Å². The van der Waals surface area contributed by atoms with Crippen molar-refractivity contribution in [2.45, 2.75) is 26.4 Å². The van der Waals surface area contributed by atoms with Crippen molar-refractivity contribution in [1.29, 1.82) is 0 Å². The van der Waals surface area contributed by atoms with Gasteiger partial charge < -0.3 is 9.84 Å². The second kappa shape index (κ2) is 4.06. The predicted octanol–water partition coefficient (Wildman–Crippen LogP) is 1.22. The molecule has 0 aliphatic carbocycles. The van der Waals surface area contributed by atoms with Crippen LogP contribution in [0.15, 0.2) is 6.20 Å². The largest absolute Gasteiger partial charge is 0.464 e. The SMILES string of the molecule is CCOC(=O)[C@](C)(O)c1cnc(C)s1. The van der Waals surface area contributed by atoms with Gasteiger partial charge in [0.2, 0.25) is 0 Å². The van der Waals surface area contributed by atoms with Gasteiger partial charge in [0.25, 0.3) is 0 Å². The molecule has 1 atom stereocenters. The van der Waals surface area contributed by atoms with Crippen LogP contribution in [0.1, 0.15) is 23.7 Å². The van der Waals surface area contributed by atoms with Crippen LogP contribution in [0.4, 0.5) is 0 Å². The van der Waals surface area contributed by atoms with Crippen LogP contribution in [0.5, 0.6) is 0 Å². The van der Waals surface area contributed by atoms with Crippen molar-refractivity contribution < 1.29 is 14.6 Å². The summed E-state index contributed by atoms with van der Waals surface area (Å²) < 4.78 is 4.76. The van der Waals surface area contributed by atoms with Crippen molar-refractivity contribution in [1.82, 2.24) is 4.98 Å². The molecule has 0 saturated heterocycles. The van der Waals surface area contributed by atoms with E-state index in [1.807, 2.05) is 6.92 Å². The molecular weight excluding hydrogens is 202 g/mol. The van der Waals surface area contributed by atoms with Gasteiger partial charge in [0.05, 0.1) is 16.5 Å². The van der Waals surface area contributed by atoms with Crippen molar-refractivity contribution in [3.63, 3.8) is 0 Å². The first-order valence-electron chi connectivity index (χ1n) is 4.31. The summed E-state index contributed by atoms with van der Waals surface area (Å²) in [4.78, 5) is 15.9. The summed E-state index contributed by atoms with van der Waals surface area (Å²) in [6.45, 7) is 5.19. The highest BCUT2D eigenvalue weighted by Crippen LogP contribution is 2.27. The van der Waals surface area contributed by atoms with Gasteiger partial charge in [0.1, 0.15) is 0 Å². The number of hydrogen-bond acceptors (Lipinski definition) is 5. The summed E-state index contributed by atoms with van der Waals surface area (Å²) in [6.07, 6.45) is 1.50. The van der Waals surface area contributed by atoms with Crippen LogP contribution in [0.3, 0.4) is 0 Å². The second-order valence-electron chi connectivity index (χ2n) is 3.04. The van der Waals surface area contributed by atoms with Gasteiger partial charge in [-0.3, -0.25) is 0 Å². The van der Waals surface area contributed by atoms with Crippen LogP contribution in [0.2, 0.25) is 0 Å². The lowest BCUT2D eigenvalue weighted by Crippen LogP contribution is -2.33. The Balaban J connectivity index is 2.89. The Hall–Kier alpha value is -0.940. The van der Waals surface area contributed by atoms with Gasteiger partial charge in [-0.15, -0.1) is 11.3 Å². The molecule has 0 amide bonds. The Kier molecular flexibility index (Phi) is 3.23. The molecule has 0 aromatic carbocycles. The van der Waals surface area contributed by atoms with Crippen molar-refractivity contribution in [2.24, 2.45) is 0 Å². The molecule has 1 aromatic rings. The number of carbonyl (C=O) groups excluding carboxylic acids is 1. The van der Waals surface area contributed by atoms with E-state index in [0.717, 1.165) is 5.01 Å². The Morgan fingerprint density at radius 1 is 1.79 bits per heavy atom. The Labute approximate surface area is 86.6 Å². The maximum absolute atomic E-state index is 11.4. The molecule has 1 aromatic heterocycles. The fourth-order valence-corrected chi connectivity index (χ4v) is 1.77. The van der Waals surface area contributed by atoms with Gasteiger partial charge in [-0.1, -0.05) is 0 Å². The summed E-state index contributed by atoms with van der Waals surface area (Å²) in [5, 5.41) is 10.7. The van der Waals surface area contributed by atoms with Crippen LogP contribution in [0.25, 0.3) is 0 Å². The monoisotopic (exact) mass is 215 g/mol. The number of esters is 1. The highest BCUT2D eigenvalue weighted by molar-refractivity contribution is 7.11. The molecule has 0 saturated carbocycles. The van der Waals surface area contributed by atoms with Gasteiger partial charge in [0, 0.05) is 6.20 Å². The van der Waals surface area contributed by atoms with Gasteiger partial charge in [-0.2, -0.15) is 0 Å². The third-order valence-corrected chi connectivity index (χ3v) is 2.90. The van der Waals surface area contributed by atoms with Crippen LogP contribution < -0.4 is 0 Å². The van der Waals surface area contributed by atoms with E-state index in [1.54, 1.807) is 6.92 Å². The van der Waals surface area contributed by atoms with Gasteiger partial charge in [0.15, 0.2) is 5.60 Å². The molecule has 0 radical (unpaired) electrons. The second-order valence-corrected chi connectivity index (χ2v) is 4.27. The van der Waals surface area contributed by atoms with Crippen LogP contribution in [-0.4, -0.2) is 22.7 Å². The van der Waals surface area contributed by atoms with Crippen LogP contribution >= 0.6 is 11.3 Å². The van der Waals surface area contributed by atoms with E-state index in [1.165, 1.54) is 24.5 Å². The lowest BCUT2D eigenvalue weighted by Gasteiger charge is -2.18. The average Bonchev–Trinajstić information content (AvgIpc) is 2.52. The Bertz CT molecular complexity index is 333. The molecule has 14 heavy (non-hydrogen) atoms. The number of aromatic nitrogens is 1. The molecule has 0 bridgehead atoms. The molecule has 1 rings (SSSR count). The number of thiazole rings is 1. The fourth-order valence-electron chi connectivity index (χ4n) is 0.959. The molecule has 0 unspecified atom stereocenters. The van der Waals surface area contributed by atoms with E-state index in [-0.39, 0.29) is 6.61 Å². The van der Waals surface area contributed by atoms with E-state index >= 15 is 0 Å². The third-order valence-electron chi connectivity index (χ3n) is 1.77. The topological polar surface area (TPSA) is 59.4 Å². The minimum Gasteiger partial charge on any atom is -0.464 e. The number of carbonyl (C=O) groups is 1. The summed E-state index contributed by atoms with van der Waals surface area (Å²) in [6, 6.07) is 0. The Morgan fingerprint density at radius 3 is 2.86 bits per heavy atom. The van der Waals surface area contributed by atoms with E-state index < -0.39 is 11.6 Å². The van der Waals surface area contributed by atoms with E-state index in [0.29, 0.717) is 4.88 Å². The molecule has 0 spiro atoms. The zero-order valence-electron chi connectivity index (χ0n) is 8.40. The number of rotatable bonds is 3. The van der Waals surface area contributed by atoms with Crippen LogP contribution in [0, 0.1) is 6.92 Å². The minimum atomic E-state index is -1.58. The first-order valence-corrected chi connectivity index (χ1v) is 5.12. The van der Waals surface area contributed by atoms with Gasteiger partial charge >= 0.3 is 5.97 Å². The number of nitrogens with zero attached hydrogens (tertiary/aromatic N) is 1. The summed E-state index contributed by atoms with van der Waals surface area (Å²) in [7, 11) is 0. The highest BCUT2D eigenvalue weighted by atomic mass is 32.1. The van der Waals surface area contributed by atoms with Crippen molar-refractivity contribution in [2.75, 3.05) is 6.61 Å². The number of hydrogen-bond donors (Lipinski definition) is 1. The summed E-state index contributed by atoms with van der Waals surface area (Å²) >= 11 is 1.29. The molecule has 1 N–H and O–H groups in total. The zero-order valence-corrected chi connectivity index (χ0v) is 9.22. The zero-order chi connectivity index (χ0) is 10.8. The van der Waals surface area contributed by atoms with Crippen LogP contribution in [-0.2, 0) is 15.1 Å². The molecule has 4 nitrogen and oxygen atoms in total. The van der Waals surface area contributed by atoms with E-state index in [9.17, 15) is 9.90 Å². The lowest BCUT2D eigenvalue weighted by molar-refractivity contribution is -0.163. The smallest absolute Gasteiger partial charge is 0.343 e. The standard InChI is InChI=1S/C9H13NO3S/c1-4-13-8(11)9(3,12)7-5-10-6(2)14-7/h5,12H,4H2,1-3H3/t9-/m1/s1. The summed E-state index contributed by atoms with van der Waals surface area (Å²) in [5.41, 5.74) is -1.58. The molecule has 0 aliphatic rings. The normalized spacial score (nSPS) is 14.9. The number of aliphatic hydroxyl groups is 1. The number of aryl methyl sites for hydroxylation is 1. The third kappa shape index (κ3) is 2.10. The predicted molar refractivity (Wildman–Crippen MR) is 53.1 cm³/mol. The van der Waals surface area contributed by atoms with Gasteiger partial charge in [-0.05, 0) is 20.8 Å². The highest BCUT2D eigenvalue weighted by Gasteiger charge is 2.35. The number of ether oxygens (including phenoxy) is 1.